The number of aromatic nitrogens is 2. The molecule has 2 heteroatoms. The van der Waals surface area contributed by atoms with Gasteiger partial charge in [0.05, 0.1) is 17.4 Å². The number of rotatable bonds is 0. The van der Waals surface area contributed by atoms with Gasteiger partial charge in [-0.05, 0) is 33.7 Å². The van der Waals surface area contributed by atoms with Gasteiger partial charge in [0.15, 0.2) is 0 Å². The predicted molar refractivity (Wildman–Crippen MR) is 71.1 cm³/mol. The first-order chi connectivity index (χ1) is 8.42. The maximum atomic E-state index is 4.32. The van der Waals surface area contributed by atoms with Crippen molar-refractivity contribution in [3.8, 4) is 0 Å². The van der Waals surface area contributed by atoms with E-state index in [1.807, 2.05) is 0 Å². The number of nitrogens with one attached hydrogen (secondary N) is 1. The van der Waals surface area contributed by atoms with Gasteiger partial charge in [-0.2, -0.15) is 0 Å². The average Bonchev–Trinajstić information content (AvgIpc) is 2.83. The average molecular weight is 218 g/mol. The monoisotopic (exact) mass is 218 g/mol. The van der Waals surface area contributed by atoms with Crippen molar-refractivity contribution in [2.24, 2.45) is 0 Å². The fraction of sp³-hybridized carbons (Fsp3) is 0. The van der Waals surface area contributed by atoms with E-state index in [0.29, 0.717) is 0 Å². The molecule has 0 bridgehead atoms. The summed E-state index contributed by atoms with van der Waals surface area (Å²) in [6.07, 6.45) is 1.74. The summed E-state index contributed by atoms with van der Waals surface area (Å²) in [6.45, 7) is 0. The van der Waals surface area contributed by atoms with E-state index in [0.717, 1.165) is 11.0 Å². The number of nitrogens with zero attached hydrogens (tertiary/aromatic N) is 1. The minimum atomic E-state index is 1.02. The molecule has 2 nitrogen and oxygen atoms in total. The Bertz CT molecular complexity index is 843. The van der Waals surface area contributed by atoms with Crippen LogP contribution in [0.5, 0.6) is 0 Å². The zero-order chi connectivity index (χ0) is 11.2. The van der Waals surface area contributed by atoms with Crippen LogP contribution >= 0.6 is 0 Å². The van der Waals surface area contributed by atoms with Gasteiger partial charge in [-0.25, -0.2) is 4.98 Å². The lowest BCUT2D eigenvalue weighted by Gasteiger charge is -2.03. The molecule has 0 aliphatic rings. The Hall–Kier alpha value is -2.35. The molecule has 3 aromatic carbocycles. The van der Waals surface area contributed by atoms with Crippen molar-refractivity contribution in [3.63, 3.8) is 0 Å². The summed E-state index contributed by atoms with van der Waals surface area (Å²) in [5.41, 5.74) is 2.11. The zero-order valence-corrected chi connectivity index (χ0v) is 9.14. The fourth-order valence-electron chi connectivity index (χ4n) is 2.44. The van der Waals surface area contributed by atoms with Crippen LogP contribution in [0.3, 0.4) is 0 Å². The smallest absolute Gasteiger partial charge is 0.0931 e. The van der Waals surface area contributed by atoms with E-state index in [2.05, 4.69) is 58.5 Å². The van der Waals surface area contributed by atoms with Crippen LogP contribution in [0.4, 0.5) is 0 Å². The highest BCUT2D eigenvalue weighted by Gasteiger charge is 2.03. The third-order valence-electron chi connectivity index (χ3n) is 3.28. The number of fused-ring (bicyclic) bond motifs is 4. The van der Waals surface area contributed by atoms with Crippen molar-refractivity contribution >= 4 is 32.6 Å². The lowest BCUT2D eigenvalue weighted by atomic mass is 10.0. The predicted octanol–water partition coefficient (Wildman–Crippen LogP) is 3.87. The summed E-state index contributed by atoms with van der Waals surface area (Å²) in [5.74, 6) is 0. The van der Waals surface area contributed by atoms with Crippen LogP contribution in [0.2, 0.25) is 0 Å². The highest BCUT2D eigenvalue weighted by molar-refractivity contribution is 6.11. The molecule has 0 fully saturated rings. The summed E-state index contributed by atoms with van der Waals surface area (Å²) in [5, 5.41) is 5.08. The molecule has 0 saturated carbocycles. The molecule has 4 aromatic rings. The fourth-order valence-corrected chi connectivity index (χ4v) is 2.44. The standard InChI is InChI=1S/C15H10N2/c1-2-4-12-10(3-1)5-6-11-7-14-15(8-13(11)12)17-9-16-14/h1-9H,(H,16,17). The third-order valence-corrected chi connectivity index (χ3v) is 3.28. The first-order valence-corrected chi connectivity index (χ1v) is 5.66. The van der Waals surface area contributed by atoms with E-state index in [-0.39, 0.29) is 0 Å². The van der Waals surface area contributed by atoms with Crippen molar-refractivity contribution < 1.29 is 0 Å². The van der Waals surface area contributed by atoms with Gasteiger partial charge in [-0.1, -0.05) is 36.4 Å². The topological polar surface area (TPSA) is 28.7 Å². The summed E-state index contributed by atoms with van der Waals surface area (Å²) in [7, 11) is 0. The van der Waals surface area contributed by atoms with Crippen molar-refractivity contribution in [2.75, 3.05) is 0 Å². The van der Waals surface area contributed by atoms with E-state index in [1.165, 1.54) is 21.5 Å². The number of imidazole rings is 1. The van der Waals surface area contributed by atoms with E-state index >= 15 is 0 Å². The Kier molecular flexibility index (Phi) is 1.59. The Morgan fingerprint density at radius 1 is 0.824 bits per heavy atom. The molecule has 0 saturated heterocycles. The lowest BCUT2D eigenvalue weighted by Crippen LogP contribution is -1.78. The highest BCUT2D eigenvalue weighted by atomic mass is 14.9. The number of H-pyrrole nitrogens is 1. The van der Waals surface area contributed by atoms with Crippen LogP contribution < -0.4 is 0 Å². The van der Waals surface area contributed by atoms with Crippen molar-refractivity contribution in [1.29, 1.82) is 0 Å². The second-order valence-electron chi connectivity index (χ2n) is 4.28. The van der Waals surface area contributed by atoms with E-state index in [1.54, 1.807) is 6.33 Å². The van der Waals surface area contributed by atoms with Gasteiger partial charge >= 0.3 is 0 Å². The molecule has 0 atom stereocenters. The maximum absolute atomic E-state index is 4.32. The van der Waals surface area contributed by atoms with E-state index < -0.39 is 0 Å². The van der Waals surface area contributed by atoms with Gasteiger partial charge in [0.1, 0.15) is 0 Å². The molecule has 1 aromatic heterocycles. The molecular weight excluding hydrogens is 208 g/mol. The van der Waals surface area contributed by atoms with Crippen molar-refractivity contribution in [2.45, 2.75) is 0 Å². The quantitative estimate of drug-likeness (QED) is 0.446. The van der Waals surface area contributed by atoms with Gasteiger partial charge in [0, 0.05) is 0 Å². The number of hydrogen-bond donors (Lipinski definition) is 1. The summed E-state index contributed by atoms with van der Waals surface area (Å²) >= 11 is 0. The number of hydrogen-bond acceptors (Lipinski definition) is 1. The Balaban J connectivity index is 2.30. The second-order valence-corrected chi connectivity index (χ2v) is 4.28. The summed E-state index contributed by atoms with van der Waals surface area (Å²) < 4.78 is 0. The van der Waals surface area contributed by atoms with Gasteiger partial charge in [-0.15, -0.1) is 0 Å². The lowest BCUT2D eigenvalue weighted by molar-refractivity contribution is 1.34. The van der Waals surface area contributed by atoms with E-state index in [9.17, 15) is 0 Å². The molecule has 4 rings (SSSR count). The minimum Gasteiger partial charge on any atom is -0.345 e. The third kappa shape index (κ3) is 1.18. The molecule has 1 N–H and O–H groups in total. The van der Waals surface area contributed by atoms with Crippen LogP contribution in [-0.2, 0) is 0 Å². The Morgan fingerprint density at radius 3 is 2.71 bits per heavy atom. The molecule has 17 heavy (non-hydrogen) atoms. The first kappa shape index (κ1) is 8.76. The molecule has 0 aliphatic carbocycles. The number of benzene rings is 3. The minimum absolute atomic E-state index is 1.02. The van der Waals surface area contributed by atoms with E-state index in [4.69, 9.17) is 0 Å². The largest absolute Gasteiger partial charge is 0.345 e. The SMILES string of the molecule is c1ccc2c(c1)ccc1cc3[nH]cnc3cc12. The molecular formula is C15H10N2. The van der Waals surface area contributed by atoms with Crippen LogP contribution in [-0.4, -0.2) is 9.97 Å². The van der Waals surface area contributed by atoms with Crippen molar-refractivity contribution in [1.82, 2.24) is 9.97 Å². The van der Waals surface area contributed by atoms with Gasteiger partial charge in [-0.3, -0.25) is 0 Å². The molecule has 0 amide bonds. The summed E-state index contributed by atoms with van der Waals surface area (Å²) in [4.78, 5) is 7.47. The highest BCUT2D eigenvalue weighted by Crippen LogP contribution is 2.27. The molecule has 0 spiro atoms. The molecule has 1 heterocycles. The molecule has 0 aliphatic heterocycles. The first-order valence-electron chi connectivity index (χ1n) is 5.66. The Morgan fingerprint density at radius 2 is 1.71 bits per heavy atom. The Labute approximate surface area is 97.9 Å². The van der Waals surface area contributed by atoms with Crippen LogP contribution in [0.15, 0.2) is 54.9 Å². The second kappa shape index (κ2) is 3.08. The van der Waals surface area contributed by atoms with Crippen LogP contribution in [0.1, 0.15) is 0 Å². The summed E-state index contributed by atoms with van der Waals surface area (Å²) in [6, 6.07) is 17.1. The molecule has 0 radical (unpaired) electrons. The normalized spacial score (nSPS) is 11.5. The molecule has 80 valence electrons. The molecule has 0 unspecified atom stereocenters. The van der Waals surface area contributed by atoms with Crippen LogP contribution in [0, 0.1) is 0 Å². The number of aromatic amines is 1. The maximum Gasteiger partial charge on any atom is 0.0931 e. The zero-order valence-electron chi connectivity index (χ0n) is 9.14. The van der Waals surface area contributed by atoms with Crippen molar-refractivity contribution in [3.05, 3.63) is 54.9 Å². The van der Waals surface area contributed by atoms with Gasteiger partial charge in [0.2, 0.25) is 0 Å². The van der Waals surface area contributed by atoms with Crippen LogP contribution in [0.25, 0.3) is 32.6 Å². The van der Waals surface area contributed by atoms with Gasteiger partial charge < -0.3 is 4.98 Å². The van der Waals surface area contributed by atoms with Gasteiger partial charge in [0.25, 0.3) is 0 Å².